The molecule has 0 saturated carbocycles. The van der Waals surface area contributed by atoms with Crippen LogP contribution < -0.4 is 19.1 Å². The zero-order valence-corrected chi connectivity index (χ0v) is 18.3. The van der Waals surface area contributed by atoms with Gasteiger partial charge in [-0.15, -0.1) is 0 Å². The summed E-state index contributed by atoms with van der Waals surface area (Å²) >= 11 is 0. The first-order chi connectivity index (χ1) is 15.0. The lowest BCUT2D eigenvalue weighted by Crippen LogP contribution is -2.29. The molecule has 1 N–H and O–H groups in total. The molecule has 0 bridgehead atoms. The third kappa shape index (κ3) is 5.52. The Balaban J connectivity index is 1.66. The normalized spacial score (nSPS) is 13.7. The fraction of sp³-hybridized carbons (Fsp3) is 0.381. The number of hydrogen-bond donors (Lipinski definition) is 1. The van der Waals surface area contributed by atoms with E-state index in [0.717, 1.165) is 5.56 Å². The van der Waals surface area contributed by atoms with Gasteiger partial charge in [-0.3, -0.25) is 4.79 Å². The Labute approximate surface area is 184 Å². The lowest BCUT2D eigenvalue weighted by molar-refractivity contribution is -0.153. The SMILES string of the molecule is CNS(=O)(=O)c1ccc2c(c1)CCN2C(=O)CCc1ccc(OCC(F)(F)F)c(OC)c1. The van der Waals surface area contributed by atoms with Gasteiger partial charge < -0.3 is 14.4 Å². The molecule has 0 spiro atoms. The molecule has 0 aliphatic carbocycles. The zero-order valence-electron chi connectivity index (χ0n) is 17.5. The van der Waals surface area contributed by atoms with Gasteiger partial charge in [0.05, 0.1) is 12.0 Å². The number of anilines is 1. The van der Waals surface area contributed by atoms with Crippen LogP contribution in [0.15, 0.2) is 41.3 Å². The van der Waals surface area contributed by atoms with Crippen LogP contribution in [0.5, 0.6) is 11.5 Å². The van der Waals surface area contributed by atoms with E-state index in [0.29, 0.717) is 30.6 Å². The predicted octanol–water partition coefficient (Wildman–Crippen LogP) is 3.07. The van der Waals surface area contributed by atoms with Crippen molar-refractivity contribution in [3.05, 3.63) is 47.5 Å². The number of nitrogens with zero attached hydrogens (tertiary/aromatic N) is 1. The van der Waals surface area contributed by atoms with E-state index in [2.05, 4.69) is 4.72 Å². The van der Waals surface area contributed by atoms with E-state index in [9.17, 15) is 26.4 Å². The molecule has 3 rings (SSSR count). The summed E-state index contributed by atoms with van der Waals surface area (Å²) in [5, 5.41) is 0. The topological polar surface area (TPSA) is 84.9 Å². The molecule has 0 fully saturated rings. The predicted molar refractivity (Wildman–Crippen MR) is 112 cm³/mol. The maximum Gasteiger partial charge on any atom is 0.422 e. The second-order valence-corrected chi connectivity index (χ2v) is 9.07. The van der Waals surface area contributed by atoms with Gasteiger partial charge in [-0.05, 0) is 61.3 Å². The number of nitrogens with one attached hydrogen (secondary N) is 1. The Bertz CT molecular complexity index is 1100. The highest BCUT2D eigenvalue weighted by Crippen LogP contribution is 2.32. The number of benzene rings is 2. The number of alkyl halides is 3. The lowest BCUT2D eigenvalue weighted by atomic mass is 10.1. The minimum absolute atomic E-state index is 0.0271. The molecule has 174 valence electrons. The molecule has 0 aromatic heterocycles. The Hall–Kier alpha value is -2.79. The smallest absolute Gasteiger partial charge is 0.422 e. The number of hydrogen-bond acceptors (Lipinski definition) is 5. The average Bonchev–Trinajstić information content (AvgIpc) is 3.19. The summed E-state index contributed by atoms with van der Waals surface area (Å²) < 4.78 is 73.2. The fourth-order valence-corrected chi connectivity index (χ4v) is 4.24. The van der Waals surface area contributed by atoms with Gasteiger partial charge in [-0.25, -0.2) is 13.1 Å². The minimum Gasteiger partial charge on any atom is -0.493 e. The maximum atomic E-state index is 12.8. The van der Waals surface area contributed by atoms with Gasteiger partial charge in [0.2, 0.25) is 15.9 Å². The zero-order chi connectivity index (χ0) is 23.5. The van der Waals surface area contributed by atoms with Crippen LogP contribution in [-0.4, -0.2) is 47.8 Å². The standard InChI is InChI=1S/C21H23F3N2O5S/c1-25-32(28,29)16-5-6-17-15(12-16)9-10-26(17)20(27)8-4-14-3-7-18(19(11-14)30-2)31-13-21(22,23)24/h3,5-7,11-12,25H,4,8-10,13H2,1-2H3. The Morgan fingerprint density at radius 3 is 2.56 bits per heavy atom. The first-order valence-corrected chi connectivity index (χ1v) is 11.3. The summed E-state index contributed by atoms with van der Waals surface area (Å²) in [4.78, 5) is 14.5. The molecule has 7 nitrogen and oxygen atoms in total. The number of aryl methyl sites for hydroxylation is 1. The monoisotopic (exact) mass is 472 g/mol. The summed E-state index contributed by atoms with van der Waals surface area (Å²) in [6.45, 7) is -0.975. The van der Waals surface area contributed by atoms with Crippen molar-refractivity contribution in [3.63, 3.8) is 0 Å². The first-order valence-electron chi connectivity index (χ1n) is 9.77. The number of amides is 1. The quantitative estimate of drug-likeness (QED) is 0.639. The van der Waals surface area contributed by atoms with Crippen molar-refractivity contribution in [2.75, 3.05) is 32.2 Å². The number of rotatable bonds is 8. The van der Waals surface area contributed by atoms with Crippen LogP contribution in [0, 0.1) is 0 Å². The van der Waals surface area contributed by atoms with Crippen LogP contribution in [-0.2, 0) is 27.7 Å². The van der Waals surface area contributed by atoms with Crippen molar-refractivity contribution >= 4 is 21.6 Å². The number of halogens is 3. The summed E-state index contributed by atoms with van der Waals surface area (Å²) in [5.74, 6) is -0.00553. The van der Waals surface area contributed by atoms with Gasteiger partial charge in [0.15, 0.2) is 18.1 Å². The van der Waals surface area contributed by atoms with Crippen LogP contribution in [0.1, 0.15) is 17.5 Å². The molecule has 1 heterocycles. The van der Waals surface area contributed by atoms with Crippen LogP contribution in [0.3, 0.4) is 0 Å². The highest BCUT2D eigenvalue weighted by atomic mass is 32.2. The first kappa shape index (κ1) is 23.9. The van der Waals surface area contributed by atoms with E-state index in [4.69, 9.17) is 9.47 Å². The number of carbonyl (C=O) groups excluding carboxylic acids is 1. The van der Waals surface area contributed by atoms with Gasteiger partial charge in [0.1, 0.15) is 0 Å². The second kappa shape index (κ2) is 9.37. The van der Waals surface area contributed by atoms with Gasteiger partial charge in [-0.2, -0.15) is 13.2 Å². The highest BCUT2D eigenvalue weighted by Gasteiger charge is 2.29. The Morgan fingerprint density at radius 1 is 1.16 bits per heavy atom. The van der Waals surface area contributed by atoms with E-state index in [1.807, 2.05) is 0 Å². The van der Waals surface area contributed by atoms with Crippen molar-refractivity contribution in [3.8, 4) is 11.5 Å². The van der Waals surface area contributed by atoms with Crippen molar-refractivity contribution in [2.45, 2.75) is 30.3 Å². The Morgan fingerprint density at radius 2 is 1.91 bits per heavy atom. The summed E-state index contributed by atoms with van der Waals surface area (Å²) in [7, 11) is -0.901. The number of fused-ring (bicyclic) bond motifs is 1. The number of ether oxygens (including phenoxy) is 2. The molecule has 0 atom stereocenters. The fourth-order valence-electron chi connectivity index (χ4n) is 3.45. The molecular formula is C21H23F3N2O5S. The van der Waals surface area contributed by atoms with Crippen LogP contribution in [0.2, 0.25) is 0 Å². The number of sulfonamides is 1. The summed E-state index contributed by atoms with van der Waals surface area (Å²) in [6, 6.07) is 9.18. The molecule has 32 heavy (non-hydrogen) atoms. The van der Waals surface area contributed by atoms with Gasteiger partial charge in [0, 0.05) is 18.7 Å². The highest BCUT2D eigenvalue weighted by molar-refractivity contribution is 7.89. The van der Waals surface area contributed by atoms with E-state index in [-0.39, 0.29) is 28.7 Å². The van der Waals surface area contributed by atoms with Gasteiger partial charge in [0.25, 0.3) is 0 Å². The lowest BCUT2D eigenvalue weighted by Gasteiger charge is -2.18. The molecule has 0 saturated heterocycles. The molecule has 2 aromatic carbocycles. The largest absolute Gasteiger partial charge is 0.493 e. The number of methoxy groups -OCH3 is 1. The van der Waals surface area contributed by atoms with E-state index < -0.39 is 22.8 Å². The van der Waals surface area contributed by atoms with Crippen LogP contribution in [0.4, 0.5) is 18.9 Å². The Kier molecular flexibility index (Phi) is 6.99. The van der Waals surface area contributed by atoms with Crippen molar-refractivity contribution in [2.24, 2.45) is 0 Å². The average molecular weight is 472 g/mol. The molecule has 1 amide bonds. The van der Waals surface area contributed by atoms with Gasteiger partial charge in [-0.1, -0.05) is 6.07 Å². The van der Waals surface area contributed by atoms with Crippen molar-refractivity contribution < 1.29 is 35.9 Å². The second-order valence-electron chi connectivity index (χ2n) is 7.18. The molecular weight excluding hydrogens is 449 g/mol. The summed E-state index contributed by atoms with van der Waals surface area (Å²) in [6.07, 6.45) is -3.39. The minimum atomic E-state index is -4.46. The maximum absolute atomic E-state index is 12.8. The van der Waals surface area contributed by atoms with E-state index in [1.54, 1.807) is 29.2 Å². The van der Waals surface area contributed by atoms with Crippen LogP contribution >= 0.6 is 0 Å². The molecule has 1 aliphatic rings. The summed E-state index contributed by atoms with van der Waals surface area (Å²) in [5.41, 5.74) is 2.17. The molecule has 11 heteroatoms. The molecule has 0 radical (unpaired) electrons. The van der Waals surface area contributed by atoms with Gasteiger partial charge >= 0.3 is 6.18 Å². The third-order valence-corrected chi connectivity index (χ3v) is 6.49. The van der Waals surface area contributed by atoms with E-state index in [1.165, 1.54) is 26.3 Å². The number of carbonyl (C=O) groups is 1. The van der Waals surface area contributed by atoms with Crippen molar-refractivity contribution in [1.82, 2.24) is 4.72 Å². The molecule has 0 unspecified atom stereocenters. The molecule has 2 aromatic rings. The third-order valence-electron chi connectivity index (χ3n) is 5.07. The van der Waals surface area contributed by atoms with Crippen LogP contribution in [0.25, 0.3) is 0 Å². The molecule has 1 aliphatic heterocycles. The van der Waals surface area contributed by atoms with E-state index >= 15 is 0 Å². The van der Waals surface area contributed by atoms with Crippen molar-refractivity contribution in [1.29, 1.82) is 0 Å².